The molecule has 2 atom stereocenters. The fraction of sp³-hybridized carbons (Fsp3) is 0.538. The quantitative estimate of drug-likeness (QED) is 0.870. The van der Waals surface area contributed by atoms with E-state index in [1.807, 2.05) is 18.3 Å². The molecule has 4 nitrogen and oxygen atoms in total. The summed E-state index contributed by atoms with van der Waals surface area (Å²) in [5, 5.41) is 9.14. The Morgan fingerprint density at radius 1 is 1.59 bits per heavy atom. The van der Waals surface area contributed by atoms with Crippen molar-refractivity contribution in [1.29, 1.82) is 0 Å². The number of hydrogen-bond donors (Lipinski definition) is 1. The SMILES string of the molecule is C[C@@H](C(=O)O)N1CCCC[C@@H]1c1cccnc1. The summed E-state index contributed by atoms with van der Waals surface area (Å²) in [6.07, 6.45) is 6.84. The maximum Gasteiger partial charge on any atom is 0.320 e. The van der Waals surface area contributed by atoms with Crippen molar-refractivity contribution in [2.24, 2.45) is 0 Å². The fourth-order valence-electron chi connectivity index (χ4n) is 2.49. The van der Waals surface area contributed by atoms with Crippen LogP contribution in [0.2, 0.25) is 0 Å². The second kappa shape index (κ2) is 5.27. The monoisotopic (exact) mass is 234 g/mol. The molecule has 0 bridgehead atoms. The Bertz CT molecular complexity index is 380. The van der Waals surface area contributed by atoms with Crippen molar-refractivity contribution in [2.45, 2.75) is 38.3 Å². The molecule has 0 spiro atoms. The average molecular weight is 234 g/mol. The molecule has 0 unspecified atom stereocenters. The van der Waals surface area contributed by atoms with Crippen LogP contribution < -0.4 is 0 Å². The highest BCUT2D eigenvalue weighted by atomic mass is 16.4. The second-order valence-electron chi connectivity index (χ2n) is 4.55. The Kier molecular flexibility index (Phi) is 3.74. The first-order chi connectivity index (χ1) is 8.20. The molecule has 1 aromatic heterocycles. The number of rotatable bonds is 3. The Morgan fingerprint density at radius 2 is 2.41 bits per heavy atom. The minimum absolute atomic E-state index is 0.198. The van der Waals surface area contributed by atoms with Crippen molar-refractivity contribution in [1.82, 2.24) is 9.88 Å². The van der Waals surface area contributed by atoms with Gasteiger partial charge in [-0.25, -0.2) is 0 Å². The number of carboxylic acid groups (broad SMARTS) is 1. The molecule has 1 aliphatic heterocycles. The summed E-state index contributed by atoms with van der Waals surface area (Å²) in [4.78, 5) is 17.3. The summed E-state index contributed by atoms with van der Waals surface area (Å²) >= 11 is 0. The summed E-state index contributed by atoms with van der Waals surface area (Å²) in [5.74, 6) is -0.749. The van der Waals surface area contributed by atoms with Gasteiger partial charge in [0.05, 0.1) is 0 Å². The largest absolute Gasteiger partial charge is 0.480 e. The summed E-state index contributed by atoms with van der Waals surface area (Å²) in [6, 6.07) is 3.71. The van der Waals surface area contributed by atoms with E-state index in [1.165, 1.54) is 0 Å². The van der Waals surface area contributed by atoms with E-state index in [4.69, 9.17) is 5.11 Å². The Morgan fingerprint density at radius 3 is 3.06 bits per heavy atom. The predicted molar refractivity (Wildman–Crippen MR) is 64.6 cm³/mol. The van der Waals surface area contributed by atoms with Crippen LogP contribution in [-0.2, 0) is 4.79 Å². The first-order valence-electron chi connectivity index (χ1n) is 6.08. The molecule has 0 amide bonds. The molecule has 0 aliphatic carbocycles. The molecular weight excluding hydrogens is 216 g/mol. The number of hydrogen-bond acceptors (Lipinski definition) is 3. The molecule has 1 fully saturated rings. The zero-order valence-electron chi connectivity index (χ0n) is 10.0. The van der Waals surface area contributed by atoms with Crippen LogP contribution in [0.1, 0.15) is 37.8 Å². The molecule has 2 rings (SSSR count). The number of carbonyl (C=O) groups is 1. The van der Waals surface area contributed by atoms with Crippen molar-refractivity contribution in [2.75, 3.05) is 6.54 Å². The minimum Gasteiger partial charge on any atom is -0.480 e. The first kappa shape index (κ1) is 12.0. The molecule has 2 heterocycles. The molecule has 1 aliphatic rings. The number of likely N-dealkylation sites (tertiary alicyclic amines) is 1. The number of piperidine rings is 1. The molecule has 1 saturated heterocycles. The van der Waals surface area contributed by atoms with E-state index in [0.29, 0.717) is 0 Å². The smallest absolute Gasteiger partial charge is 0.320 e. The summed E-state index contributed by atoms with van der Waals surface area (Å²) in [5.41, 5.74) is 1.13. The lowest BCUT2D eigenvalue weighted by Gasteiger charge is -2.38. The van der Waals surface area contributed by atoms with E-state index in [-0.39, 0.29) is 6.04 Å². The minimum atomic E-state index is -0.749. The van der Waals surface area contributed by atoms with Gasteiger partial charge in [0.2, 0.25) is 0 Å². The zero-order chi connectivity index (χ0) is 12.3. The van der Waals surface area contributed by atoms with Crippen LogP contribution in [0.3, 0.4) is 0 Å². The average Bonchev–Trinajstić information content (AvgIpc) is 2.39. The van der Waals surface area contributed by atoms with Crippen LogP contribution in [0, 0.1) is 0 Å². The van der Waals surface area contributed by atoms with Crippen LogP contribution >= 0.6 is 0 Å². The maximum absolute atomic E-state index is 11.1. The molecule has 4 heteroatoms. The van der Waals surface area contributed by atoms with Gasteiger partial charge in [-0.15, -0.1) is 0 Å². The Balaban J connectivity index is 2.21. The van der Waals surface area contributed by atoms with Gasteiger partial charge in [-0.2, -0.15) is 0 Å². The van der Waals surface area contributed by atoms with Gasteiger partial charge in [0.15, 0.2) is 0 Å². The summed E-state index contributed by atoms with van der Waals surface area (Å²) in [7, 11) is 0. The summed E-state index contributed by atoms with van der Waals surface area (Å²) in [6.45, 7) is 2.62. The van der Waals surface area contributed by atoms with Gasteiger partial charge in [-0.3, -0.25) is 14.7 Å². The highest BCUT2D eigenvalue weighted by Gasteiger charge is 2.30. The third kappa shape index (κ3) is 2.64. The molecule has 1 aromatic rings. The maximum atomic E-state index is 11.1. The lowest BCUT2D eigenvalue weighted by atomic mass is 9.95. The zero-order valence-corrected chi connectivity index (χ0v) is 10.0. The van der Waals surface area contributed by atoms with Crippen LogP contribution in [0.25, 0.3) is 0 Å². The highest BCUT2D eigenvalue weighted by molar-refractivity contribution is 5.73. The molecule has 0 radical (unpaired) electrons. The first-order valence-corrected chi connectivity index (χ1v) is 6.08. The molecule has 1 N–H and O–H groups in total. The van der Waals surface area contributed by atoms with Gasteiger partial charge < -0.3 is 5.11 Å². The van der Waals surface area contributed by atoms with Gasteiger partial charge in [0.1, 0.15) is 6.04 Å². The van der Waals surface area contributed by atoms with Crippen molar-refractivity contribution in [3.05, 3.63) is 30.1 Å². The van der Waals surface area contributed by atoms with E-state index in [9.17, 15) is 4.79 Å². The number of aliphatic carboxylic acids is 1. The van der Waals surface area contributed by atoms with Gasteiger partial charge >= 0.3 is 5.97 Å². The predicted octanol–water partition coefficient (Wildman–Crippen LogP) is 2.08. The fourth-order valence-corrected chi connectivity index (χ4v) is 2.49. The normalized spacial score (nSPS) is 23.2. The number of carboxylic acids is 1. The third-order valence-corrected chi connectivity index (χ3v) is 3.47. The van der Waals surface area contributed by atoms with E-state index >= 15 is 0 Å². The molecule has 0 saturated carbocycles. The Hall–Kier alpha value is -1.42. The molecule has 92 valence electrons. The number of pyridine rings is 1. The van der Waals surface area contributed by atoms with Crippen LogP contribution in [0.4, 0.5) is 0 Å². The van der Waals surface area contributed by atoms with E-state index in [2.05, 4.69) is 9.88 Å². The number of aromatic nitrogens is 1. The van der Waals surface area contributed by atoms with Gasteiger partial charge in [-0.05, 0) is 37.9 Å². The van der Waals surface area contributed by atoms with Crippen LogP contribution in [-0.4, -0.2) is 33.5 Å². The molecular formula is C13H18N2O2. The van der Waals surface area contributed by atoms with Crippen molar-refractivity contribution >= 4 is 5.97 Å². The van der Waals surface area contributed by atoms with Crippen molar-refractivity contribution < 1.29 is 9.90 Å². The standard InChI is InChI=1S/C13H18N2O2/c1-10(13(16)17)15-8-3-2-6-12(15)11-5-4-7-14-9-11/h4-5,7,9-10,12H,2-3,6,8H2,1H3,(H,16,17)/t10-,12+/m0/s1. The summed E-state index contributed by atoms with van der Waals surface area (Å²) < 4.78 is 0. The Labute approximate surface area is 101 Å². The van der Waals surface area contributed by atoms with Gasteiger partial charge in [-0.1, -0.05) is 12.5 Å². The topological polar surface area (TPSA) is 53.4 Å². The number of nitrogens with zero attached hydrogens (tertiary/aromatic N) is 2. The van der Waals surface area contributed by atoms with Gasteiger partial charge in [0.25, 0.3) is 0 Å². The van der Waals surface area contributed by atoms with Gasteiger partial charge in [0, 0.05) is 18.4 Å². The second-order valence-corrected chi connectivity index (χ2v) is 4.55. The van der Waals surface area contributed by atoms with Crippen molar-refractivity contribution in [3.8, 4) is 0 Å². The third-order valence-electron chi connectivity index (χ3n) is 3.47. The molecule has 0 aromatic carbocycles. The van der Waals surface area contributed by atoms with E-state index in [0.717, 1.165) is 31.4 Å². The molecule has 17 heavy (non-hydrogen) atoms. The van der Waals surface area contributed by atoms with E-state index in [1.54, 1.807) is 13.1 Å². The lowest BCUT2D eigenvalue weighted by Crippen LogP contribution is -2.44. The lowest BCUT2D eigenvalue weighted by molar-refractivity contribution is -0.144. The van der Waals surface area contributed by atoms with E-state index < -0.39 is 12.0 Å². The highest BCUT2D eigenvalue weighted by Crippen LogP contribution is 2.31. The van der Waals surface area contributed by atoms with Crippen molar-refractivity contribution in [3.63, 3.8) is 0 Å². The van der Waals surface area contributed by atoms with Crippen LogP contribution in [0.15, 0.2) is 24.5 Å². The van der Waals surface area contributed by atoms with Crippen LogP contribution in [0.5, 0.6) is 0 Å².